The molecule has 0 aliphatic carbocycles. The van der Waals surface area contributed by atoms with Crippen LogP contribution in [-0.4, -0.2) is 16.0 Å². The van der Waals surface area contributed by atoms with Gasteiger partial charge in [-0.2, -0.15) is 0 Å². The number of nitrogens with zero attached hydrogens (tertiary/aromatic N) is 2. The van der Waals surface area contributed by atoms with Crippen molar-refractivity contribution < 1.29 is 4.74 Å². The Balaban J connectivity index is 1.91. The fourth-order valence-electron chi connectivity index (χ4n) is 2.34. The van der Waals surface area contributed by atoms with E-state index < -0.39 is 0 Å². The van der Waals surface area contributed by atoms with Crippen molar-refractivity contribution in [3.05, 3.63) is 60.4 Å². The van der Waals surface area contributed by atoms with Crippen molar-refractivity contribution in [1.82, 2.24) is 9.38 Å². The van der Waals surface area contributed by atoms with Crippen LogP contribution in [0.4, 0.5) is 5.69 Å². The van der Waals surface area contributed by atoms with Crippen molar-refractivity contribution in [2.75, 3.05) is 12.3 Å². The fraction of sp³-hybridized carbons (Fsp3) is 0.167. The predicted molar refractivity (Wildman–Crippen MR) is 90.1 cm³/mol. The van der Waals surface area contributed by atoms with Gasteiger partial charge in [-0.1, -0.05) is 6.58 Å². The molecule has 2 N–H and O–H groups in total. The molecule has 0 radical (unpaired) electrons. The summed E-state index contributed by atoms with van der Waals surface area (Å²) in [4.78, 5) is 4.61. The van der Waals surface area contributed by atoms with Crippen molar-refractivity contribution in [3.63, 3.8) is 0 Å². The summed E-state index contributed by atoms with van der Waals surface area (Å²) in [7, 11) is 0. The van der Waals surface area contributed by atoms with E-state index in [9.17, 15) is 0 Å². The number of fused-ring (bicyclic) bond motifs is 1. The van der Waals surface area contributed by atoms with Crippen LogP contribution in [0.1, 0.15) is 12.5 Å². The van der Waals surface area contributed by atoms with E-state index in [0.717, 1.165) is 33.8 Å². The molecule has 0 saturated heterocycles. The number of benzene rings is 1. The summed E-state index contributed by atoms with van der Waals surface area (Å²) >= 11 is 0. The van der Waals surface area contributed by atoms with E-state index in [1.807, 2.05) is 61.0 Å². The number of hydrogen-bond donors (Lipinski definition) is 1. The van der Waals surface area contributed by atoms with Crippen LogP contribution in [0.3, 0.4) is 0 Å². The van der Waals surface area contributed by atoms with Crippen LogP contribution in [0, 0.1) is 6.92 Å². The largest absolute Gasteiger partial charge is 0.489 e. The first-order chi connectivity index (χ1) is 10.5. The van der Waals surface area contributed by atoms with Crippen molar-refractivity contribution >= 4 is 11.3 Å². The van der Waals surface area contributed by atoms with E-state index in [1.165, 1.54) is 0 Å². The maximum atomic E-state index is 6.03. The normalized spacial score (nSPS) is 10.8. The number of aryl methyl sites for hydroxylation is 1. The standard InChI is InChI=1S/C18H19N3O/c1-12(2)11-22-15-6-4-14(5-7-15)17-10-21-9-13(3)8-16(19)18(21)20-17/h4-10H,1,11,19H2,2-3H3. The molecule has 0 aliphatic rings. The van der Waals surface area contributed by atoms with Gasteiger partial charge in [0.15, 0.2) is 5.65 Å². The molecule has 2 aromatic heterocycles. The average Bonchev–Trinajstić information content (AvgIpc) is 2.90. The first-order valence-electron chi connectivity index (χ1n) is 7.15. The summed E-state index contributed by atoms with van der Waals surface area (Å²) in [5.74, 6) is 0.825. The number of nitrogens with two attached hydrogens (primary N) is 1. The van der Waals surface area contributed by atoms with Crippen LogP contribution in [0.25, 0.3) is 16.9 Å². The van der Waals surface area contributed by atoms with E-state index in [1.54, 1.807) is 0 Å². The van der Waals surface area contributed by atoms with Crippen LogP contribution in [0.15, 0.2) is 54.9 Å². The third-order valence-electron chi connectivity index (χ3n) is 3.35. The number of aromatic nitrogens is 2. The molecule has 3 aromatic rings. The maximum absolute atomic E-state index is 6.03. The van der Waals surface area contributed by atoms with Gasteiger partial charge in [-0.3, -0.25) is 0 Å². The van der Waals surface area contributed by atoms with Crippen LogP contribution in [0.5, 0.6) is 5.75 Å². The Kier molecular flexibility index (Phi) is 3.59. The Labute approximate surface area is 129 Å². The number of rotatable bonds is 4. The Bertz CT molecular complexity index is 831. The minimum absolute atomic E-state index is 0.531. The number of nitrogen functional groups attached to an aromatic ring is 1. The minimum atomic E-state index is 0.531. The molecule has 0 fully saturated rings. The number of imidazole rings is 1. The fourth-order valence-corrected chi connectivity index (χ4v) is 2.34. The lowest BCUT2D eigenvalue weighted by Crippen LogP contribution is -1.97. The highest BCUT2D eigenvalue weighted by atomic mass is 16.5. The monoisotopic (exact) mass is 293 g/mol. The summed E-state index contributed by atoms with van der Waals surface area (Å²) < 4.78 is 7.57. The van der Waals surface area contributed by atoms with Gasteiger partial charge in [-0.25, -0.2) is 4.98 Å². The van der Waals surface area contributed by atoms with Gasteiger partial charge in [-0.15, -0.1) is 0 Å². The van der Waals surface area contributed by atoms with E-state index >= 15 is 0 Å². The Morgan fingerprint density at radius 2 is 2.00 bits per heavy atom. The maximum Gasteiger partial charge on any atom is 0.160 e. The van der Waals surface area contributed by atoms with Crippen LogP contribution in [-0.2, 0) is 0 Å². The van der Waals surface area contributed by atoms with E-state index in [0.29, 0.717) is 12.3 Å². The molecule has 0 atom stereocenters. The second-order valence-corrected chi connectivity index (χ2v) is 5.60. The number of anilines is 1. The molecule has 22 heavy (non-hydrogen) atoms. The number of ether oxygens (including phenoxy) is 1. The van der Waals surface area contributed by atoms with E-state index in [-0.39, 0.29) is 0 Å². The molecule has 1 aromatic carbocycles. The number of hydrogen-bond acceptors (Lipinski definition) is 3. The van der Waals surface area contributed by atoms with Crippen LogP contribution in [0.2, 0.25) is 0 Å². The van der Waals surface area contributed by atoms with Crippen molar-refractivity contribution in [2.24, 2.45) is 0 Å². The van der Waals surface area contributed by atoms with Gasteiger partial charge in [0.1, 0.15) is 12.4 Å². The molecule has 0 bridgehead atoms. The van der Waals surface area contributed by atoms with Crippen LogP contribution >= 0.6 is 0 Å². The third-order valence-corrected chi connectivity index (χ3v) is 3.35. The molecule has 3 rings (SSSR count). The third kappa shape index (κ3) is 2.81. The van der Waals surface area contributed by atoms with Crippen molar-refractivity contribution in [1.29, 1.82) is 0 Å². The predicted octanol–water partition coefficient (Wildman–Crippen LogP) is 3.85. The molecule has 4 nitrogen and oxygen atoms in total. The zero-order valence-corrected chi connectivity index (χ0v) is 12.8. The zero-order chi connectivity index (χ0) is 15.7. The topological polar surface area (TPSA) is 52.5 Å². The summed E-state index contributed by atoms with van der Waals surface area (Å²) in [6.07, 6.45) is 4.01. The minimum Gasteiger partial charge on any atom is -0.489 e. The van der Waals surface area contributed by atoms with Gasteiger partial charge < -0.3 is 14.9 Å². The van der Waals surface area contributed by atoms with Gasteiger partial charge in [-0.05, 0) is 55.3 Å². The van der Waals surface area contributed by atoms with Gasteiger partial charge in [0.25, 0.3) is 0 Å². The lowest BCUT2D eigenvalue weighted by Gasteiger charge is -2.05. The molecule has 112 valence electrons. The molecule has 4 heteroatoms. The summed E-state index contributed by atoms with van der Waals surface area (Å²) in [5.41, 5.74) is 11.5. The van der Waals surface area contributed by atoms with Gasteiger partial charge >= 0.3 is 0 Å². The Morgan fingerprint density at radius 3 is 2.68 bits per heavy atom. The molecule has 0 unspecified atom stereocenters. The molecule has 0 saturated carbocycles. The first-order valence-corrected chi connectivity index (χ1v) is 7.15. The van der Waals surface area contributed by atoms with Gasteiger partial charge in [0, 0.05) is 18.0 Å². The lowest BCUT2D eigenvalue weighted by atomic mass is 10.1. The van der Waals surface area contributed by atoms with Crippen molar-refractivity contribution in [3.8, 4) is 17.0 Å². The smallest absolute Gasteiger partial charge is 0.160 e. The summed E-state index contributed by atoms with van der Waals surface area (Å²) in [5, 5.41) is 0. The second-order valence-electron chi connectivity index (χ2n) is 5.60. The number of pyridine rings is 1. The Hall–Kier alpha value is -2.75. The summed E-state index contributed by atoms with van der Waals surface area (Å²) in [6, 6.07) is 9.81. The highest BCUT2D eigenvalue weighted by Crippen LogP contribution is 2.24. The second kappa shape index (κ2) is 5.56. The quantitative estimate of drug-likeness (QED) is 0.743. The molecule has 0 spiro atoms. The molecule has 2 heterocycles. The van der Waals surface area contributed by atoms with Crippen molar-refractivity contribution in [2.45, 2.75) is 13.8 Å². The molecule has 0 amide bonds. The van der Waals surface area contributed by atoms with E-state index in [4.69, 9.17) is 10.5 Å². The van der Waals surface area contributed by atoms with Gasteiger partial charge in [0.05, 0.1) is 11.4 Å². The molecule has 0 aliphatic heterocycles. The zero-order valence-electron chi connectivity index (χ0n) is 12.8. The average molecular weight is 293 g/mol. The molecular weight excluding hydrogens is 274 g/mol. The summed E-state index contributed by atoms with van der Waals surface area (Å²) in [6.45, 7) is 8.32. The lowest BCUT2D eigenvalue weighted by molar-refractivity contribution is 0.353. The highest BCUT2D eigenvalue weighted by molar-refractivity contribution is 5.71. The first kappa shape index (κ1) is 14.2. The van der Waals surface area contributed by atoms with Gasteiger partial charge in [0.2, 0.25) is 0 Å². The Morgan fingerprint density at radius 1 is 1.27 bits per heavy atom. The van der Waals surface area contributed by atoms with Crippen LogP contribution < -0.4 is 10.5 Å². The molecular formula is C18H19N3O. The SMILES string of the molecule is C=C(C)COc1ccc(-c2cn3cc(C)cc(N)c3n2)cc1. The van der Waals surface area contributed by atoms with E-state index in [2.05, 4.69) is 11.6 Å². The highest BCUT2D eigenvalue weighted by Gasteiger charge is 2.07.